The SMILES string of the molecule is CC(C)c1ccnnc1N(C)C. The number of anilines is 1. The van der Waals surface area contributed by atoms with E-state index in [0.717, 1.165) is 5.82 Å². The van der Waals surface area contributed by atoms with Gasteiger partial charge in [0.05, 0.1) is 6.20 Å². The van der Waals surface area contributed by atoms with Crippen molar-refractivity contribution >= 4 is 5.82 Å². The first-order valence-electron chi connectivity index (χ1n) is 4.12. The fourth-order valence-corrected chi connectivity index (χ4v) is 1.13. The molecule has 0 spiro atoms. The summed E-state index contributed by atoms with van der Waals surface area (Å²) in [6.45, 7) is 4.31. The Kier molecular flexibility index (Phi) is 2.63. The second-order valence-corrected chi connectivity index (χ2v) is 3.36. The first-order chi connectivity index (χ1) is 5.63. The van der Waals surface area contributed by atoms with Gasteiger partial charge in [0.25, 0.3) is 0 Å². The van der Waals surface area contributed by atoms with Gasteiger partial charge in [-0.3, -0.25) is 0 Å². The highest BCUT2D eigenvalue weighted by Gasteiger charge is 2.08. The molecule has 3 heteroatoms. The van der Waals surface area contributed by atoms with Crippen LogP contribution >= 0.6 is 0 Å². The van der Waals surface area contributed by atoms with E-state index in [9.17, 15) is 0 Å². The highest BCUT2D eigenvalue weighted by Crippen LogP contribution is 2.21. The molecule has 3 nitrogen and oxygen atoms in total. The number of rotatable bonds is 2. The molecule has 1 aromatic heterocycles. The lowest BCUT2D eigenvalue weighted by Crippen LogP contribution is -2.14. The van der Waals surface area contributed by atoms with Crippen molar-refractivity contribution in [3.8, 4) is 0 Å². The quantitative estimate of drug-likeness (QED) is 0.667. The molecule has 12 heavy (non-hydrogen) atoms. The summed E-state index contributed by atoms with van der Waals surface area (Å²) in [6.07, 6.45) is 1.74. The minimum Gasteiger partial charge on any atom is -0.361 e. The molecule has 0 saturated carbocycles. The lowest BCUT2D eigenvalue weighted by molar-refractivity contribution is 0.826. The minimum absolute atomic E-state index is 0.498. The summed E-state index contributed by atoms with van der Waals surface area (Å²) in [7, 11) is 3.96. The predicted octanol–water partition coefficient (Wildman–Crippen LogP) is 1.67. The van der Waals surface area contributed by atoms with Crippen molar-refractivity contribution in [3.63, 3.8) is 0 Å². The molecule has 66 valence electrons. The van der Waals surface area contributed by atoms with Crippen molar-refractivity contribution in [1.82, 2.24) is 10.2 Å². The van der Waals surface area contributed by atoms with Crippen LogP contribution in [0.5, 0.6) is 0 Å². The molecule has 1 heterocycles. The van der Waals surface area contributed by atoms with Crippen molar-refractivity contribution in [1.29, 1.82) is 0 Å². The standard InChI is InChI=1S/C9H15N3/c1-7(2)8-5-6-10-11-9(8)12(3)4/h5-7H,1-4H3. The lowest BCUT2D eigenvalue weighted by atomic mass is 10.1. The van der Waals surface area contributed by atoms with Crippen molar-refractivity contribution in [2.75, 3.05) is 19.0 Å². The van der Waals surface area contributed by atoms with Gasteiger partial charge < -0.3 is 4.90 Å². The van der Waals surface area contributed by atoms with E-state index < -0.39 is 0 Å². The summed E-state index contributed by atoms with van der Waals surface area (Å²) in [5.41, 5.74) is 1.25. The maximum absolute atomic E-state index is 4.08. The molecular formula is C9H15N3. The summed E-state index contributed by atoms with van der Waals surface area (Å²) in [6, 6.07) is 2.02. The van der Waals surface area contributed by atoms with Crippen molar-refractivity contribution < 1.29 is 0 Å². The molecule has 0 radical (unpaired) electrons. The van der Waals surface area contributed by atoms with Crippen LogP contribution in [0.15, 0.2) is 12.3 Å². The molecule has 0 amide bonds. The van der Waals surface area contributed by atoms with Gasteiger partial charge in [0.15, 0.2) is 5.82 Å². The minimum atomic E-state index is 0.498. The molecule has 0 N–H and O–H groups in total. The van der Waals surface area contributed by atoms with Crippen LogP contribution in [0.25, 0.3) is 0 Å². The zero-order valence-electron chi connectivity index (χ0n) is 8.07. The average Bonchev–Trinajstić information content (AvgIpc) is 2.04. The van der Waals surface area contributed by atoms with Crippen LogP contribution < -0.4 is 4.90 Å². The highest BCUT2D eigenvalue weighted by molar-refractivity contribution is 5.45. The van der Waals surface area contributed by atoms with E-state index in [-0.39, 0.29) is 0 Å². The third-order valence-electron chi connectivity index (χ3n) is 1.78. The second-order valence-electron chi connectivity index (χ2n) is 3.36. The van der Waals surface area contributed by atoms with Gasteiger partial charge in [-0.25, -0.2) is 0 Å². The van der Waals surface area contributed by atoms with E-state index >= 15 is 0 Å². The van der Waals surface area contributed by atoms with Gasteiger partial charge >= 0.3 is 0 Å². The largest absolute Gasteiger partial charge is 0.361 e. The summed E-state index contributed by atoms with van der Waals surface area (Å²) in [5, 5.41) is 7.93. The zero-order valence-corrected chi connectivity index (χ0v) is 8.07. The van der Waals surface area contributed by atoms with Crippen LogP contribution in [0, 0.1) is 0 Å². The Labute approximate surface area is 73.4 Å². The van der Waals surface area contributed by atoms with Gasteiger partial charge in [0.1, 0.15) is 0 Å². The summed E-state index contributed by atoms with van der Waals surface area (Å²) >= 11 is 0. The monoisotopic (exact) mass is 165 g/mol. The third-order valence-corrected chi connectivity index (χ3v) is 1.78. The Morgan fingerprint density at radius 2 is 2.00 bits per heavy atom. The van der Waals surface area contributed by atoms with Crippen LogP contribution in [0.2, 0.25) is 0 Å². The fraction of sp³-hybridized carbons (Fsp3) is 0.556. The third kappa shape index (κ3) is 1.72. The Bertz CT molecular complexity index is 229. The molecule has 0 aromatic carbocycles. The second kappa shape index (κ2) is 3.52. The molecule has 1 aromatic rings. The first kappa shape index (κ1) is 8.97. The van der Waals surface area contributed by atoms with E-state index in [0.29, 0.717) is 5.92 Å². The Morgan fingerprint density at radius 3 is 2.42 bits per heavy atom. The van der Waals surface area contributed by atoms with Crippen molar-refractivity contribution in [3.05, 3.63) is 17.8 Å². The number of hydrogen-bond donors (Lipinski definition) is 0. The smallest absolute Gasteiger partial charge is 0.154 e. The highest BCUT2D eigenvalue weighted by atomic mass is 15.2. The van der Waals surface area contributed by atoms with E-state index in [1.807, 2.05) is 25.1 Å². The van der Waals surface area contributed by atoms with Gasteiger partial charge in [-0.2, -0.15) is 5.10 Å². The van der Waals surface area contributed by atoms with E-state index in [2.05, 4.69) is 24.0 Å². The topological polar surface area (TPSA) is 29.0 Å². The Morgan fingerprint density at radius 1 is 1.33 bits per heavy atom. The molecule has 0 aliphatic carbocycles. The molecule has 0 aliphatic rings. The molecule has 1 rings (SSSR count). The molecule has 0 fully saturated rings. The first-order valence-corrected chi connectivity index (χ1v) is 4.12. The maximum Gasteiger partial charge on any atom is 0.154 e. The van der Waals surface area contributed by atoms with Crippen molar-refractivity contribution in [2.24, 2.45) is 0 Å². The van der Waals surface area contributed by atoms with E-state index in [1.165, 1.54) is 5.56 Å². The van der Waals surface area contributed by atoms with Crippen LogP contribution in [-0.4, -0.2) is 24.3 Å². The maximum atomic E-state index is 4.08. The fourth-order valence-electron chi connectivity index (χ4n) is 1.13. The number of hydrogen-bond acceptors (Lipinski definition) is 3. The van der Waals surface area contributed by atoms with Crippen LogP contribution in [0.1, 0.15) is 25.3 Å². The molecule has 0 bridgehead atoms. The average molecular weight is 165 g/mol. The molecule has 0 unspecified atom stereocenters. The zero-order chi connectivity index (χ0) is 9.14. The van der Waals surface area contributed by atoms with Gasteiger partial charge in [-0.15, -0.1) is 5.10 Å². The summed E-state index contributed by atoms with van der Waals surface area (Å²) < 4.78 is 0. The van der Waals surface area contributed by atoms with Gasteiger partial charge in [-0.05, 0) is 12.0 Å². The summed E-state index contributed by atoms with van der Waals surface area (Å²) in [5.74, 6) is 1.46. The predicted molar refractivity (Wildman–Crippen MR) is 50.4 cm³/mol. The van der Waals surface area contributed by atoms with Gasteiger partial charge in [0.2, 0.25) is 0 Å². The van der Waals surface area contributed by atoms with Crippen LogP contribution in [0.3, 0.4) is 0 Å². The molecule has 0 saturated heterocycles. The van der Waals surface area contributed by atoms with Gasteiger partial charge in [0, 0.05) is 19.7 Å². The van der Waals surface area contributed by atoms with Crippen LogP contribution in [0.4, 0.5) is 5.82 Å². The molecule has 0 aliphatic heterocycles. The Balaban J connectivity index is 3.09. The van der Waals surface area contributed by atoms with E-state index in [1.54, 1.807) is 6.20 Å². The van der Waals surface area contributed by atoms with Crippen LogP contribution in [-0.2, 0) is 0 Å². The van der Waals surface area contributed by atoms with E-state index in [4.69, 9.17) is 0 Å². The normalized spacial score (nSPS) is 10.4. The van der Waals surface area contributed by atoms with Crippen molar-refractivity contribution in [2.45, 2.75) is 19.8 Å². The number of nitrogens with zero attached hydrogens (tertiary/aromatic N) is 3. The molecule has 0 atom stereocenters. The Hall–Kier alpha value is -1.12. The van der Waals surface area contributed by atoms with Gasteiger partial charge in [-0.1, -0.05) is 13.8 Å². The lowest BCUT2D eigenvalue weighted by Gasteiger charge is -2.16. The summed E-state index contributed by atoms with van der Waals surface area (Å²) in [4.78, 5) is 1.99. The number of aromatic nitrogens is 2. The molecular weight excluding hydrogens is 150 g/mol.